The van der Waals surface area contributed by atoms with E-state index in [2.05, 4.69) is 15.5 Å². The van der Waals surface area contributed by atoms with Crippen LogP contribution in [0.25, 0.3) is 27.6 Å². The summed E-state index contributed by atoms with van der Waals surface area (Å²) in [6.45, 7) is 0. The highest BCUT2D eigenvalue weighted by Gasteiger charge is 2.29. The van der Waals surface area contributed by atoms with E-state index >= 15 is 0 Å². The van der Waals surface area contributed by atoms with Crippen LogP contribution in [0.1, 0.15) is 15.9 Å². The van der Waals surface area contributed by atoms with Crippen molar-refractivity contribution in [1.82, 2.24) is 20.0 Å². The summed E-state index contributed by atoms with van der Waals surface area (Å²) in [4.78, 5) is 14.1. The molecule has 6 nitrogen and oxygen atoms in total. The summed E-state index contributed by atoms with van der Waals surface area (Å²) >= 11 is 1.36. The van der Waals surface area contributed by atoms with E-state index in [1.54, 1.807) is 0 Å². The lowest BCUT2D eigenvalue weighted by molar-refractivity contribution is 0.104. The molecule has 0 bridgehead atoms. The molecule has 0 aliphatic heterocycles. The SMILES string of the molecule is O=C(c1ccccc1)c1c(-c2nnc(Nc3ccccc3)s2)nn(-c2ccccc2)c1-c1ccccc1. The van der Waals surface area contributed by atoms with Gasteiger partial charge in [0.05, 0.1) is 16.9 Å². The number of hydrogen-bond acceptors (Lipinski definition) is 6. The molecule has 2 heterocycles. The van der Waals surface area contributed by atoms with E-state index in [1.165, 1.54) is 11.3 Å². The number of carbonyl (C=O) groups is 1. The zero-order valence-electron chi connectivity index (χ0n) is 19.7. The second kappa shape index (κ2) is 10.0. The van der Waals surface area contributed by atoms with Gasteiger partial charge in [-0.25, -0.2) is 4.68 Å². The molecule has 0 spiro atoms. The number of rotatable bonds is 7. The summed E-state index contributed by atoms with van der Waals surface area (Å²) < 4.78 is 1.83. The molecule has 7 heteroatoms. The summed E-state index contributed by atoms with van der Waals surface area (Å²) in [5.41, 5.74) is 4.92. The van der Waals surface area contributed by atoms with E-state index < -0.39 is 0 Å². The van der Waals surface area contributed by atoms with Gasteiger partial charge in [0.1, 0.15) is 5.69 Å². The smallest absolute Gasteiger partial charge is 0.210 e. The molecule has 0 aliphatic rings. The Labute approximate surface area is 217 Å². The lowest BCUT2D eigenvalue weighted by atomic mass is 9.97. The lowest BCUT2D eigenvalue weighted by Gasteiger charge is -2.10. The number of hydrogen-bond donors (Lipinski definition) is 1. The van der Waals surface area contributed by atoms with Crippen LogP contribution in [0.15, 0.2) is 121 Å². The maximum Gasteiger partial charge on any atom is 0.210 e. The Kier molecular flexibility index (Phi) is 6.10. The number of nitrogens with one attached hydrogen (secondary N) is 1. The van der Waals surface area contributed by atoms with Gasteiger partial charge in [0.15, 0.2) is 10.8 Å². The molecular weight excluding hydrogens is 478 g/mol. The molecule has 37 heavy (non-hydrogen) atoms. The quantitative estimate of drug-likeness (QED) is 0.239. The van der Waals surface area contributed by atoms with Crippen LogP contribution in [0.5, 0.6) is 0 Å². The molecule has 0 amide bonds. The molecule has 0 aliphatic carbocycles. The molecule has 0 saturated heterocycles. The van der Waals surface area contributed by atoms with Gasteiger partial charge in [-0.15, -0.1) is 10.2 Å². The van der Waals surface area contributed by atoms with Gasteiger partial charge in [-0.05, 0) is 24.3 Å². The first-order chi connectivity index (χ1) is 18.3. The third-order valence-electron chi connectivity index (χ3n) is 5.85. The van der Waals surface area contributed by atoms with Crippen molar-refractivity contribution >= 4 is 27.9 Å². The maximum atomic E-state index is 14.1. The Morgan fingerprint density at radius 2 is 1.30 bits per heavy atom. The van der Waals surface area contributed by atoms with Crippen LogP contribution in [0.2, 0.25) is 0 Å². The number of aromatic nitrogens is 4. The maximum absolute atomic E-state index is 14.1. The fraction of sp³-hybridized carbons (Fsp3) is 0. The monoisotopic (exact) mass is 499 g/mol. The molecule has 0 radical (unpaired) electrons. The summed E-state index contributed by atoms with van der Waals surface area (Å²) in [6, 6.07) is 38.7. The van der Waals surface area contributed by atoms with Crippen molar-refractivity contribution < 1.29 is 4.79 Å². The number of anilines is 2. The standard InChI is InChI=1S/C30H21N5OS/c36-28(22-15-7-2-8-16-22)25-26(29-32-33-30(37-29)31-23-17-9-3-10-18-23)34-35(24-19-11-4-12-20-24)27(25)21-13-5-1-6-14-21/h1-20H,(H,31,33). The molecule has 0 fully saturated rings. The molecule has 0 atom stereocenters. The van der Waals surface area contributed by atoms with Crippen LogP contribution in [0.3, 0.4) is 0 Å². The average Bonchev–Trinajstić information content (AvgIpc) is 3.60. The van der Waals surface area contributed by atoms with Gasteiger partial charge in [0.2, 0.25) is 5.13 Å². The molecule has 6 aromatic rings. The van der Waals surface area contributed by atoms with E-state index in [1.807, 2.05) is 126 Å². The van der Waals surface area contributed by atoms with E-state index in [4.69, 9.17) is 5.10 Å². The van der Waals surface area contributed by atoms with Crippen LogP contribution in [0, 0.1) is 0 Å². The van der Waals surface area contributed by atoms with Gasteiger partial charge in [0, 0.05) is 16.8 Å². The van der Waals surface area contributed by atoms with Crippen molar-refractivity contribution in [2.24, 2.45) is 0 Å². The minimum Gasteiger partial charge on any atom is -0.330 e. The van der Waals surface area contributed by atoms with Crippen molar-refractivity contribution in [3.63, 3.8) is 0 Å². The Balaban J connectivity index is 1.57. The predicted molar refractivity (Wildman–Crippen MR) is 148 cm³/mol. The van der Waals surface area contributed by atoms with Crippen LogP contribution < -0.4 is 5.32 Å². The minimum absolute atomic E-state index is 0.121. The molecule has 4 aromatic carbocycles. The highest BCUT2D eigenvalue weighted by Crippen LogP contribution is 2.38. The van der Waals surface area contributed by atoms with Gasteiger partial charge in [-0.3, -0.25) is 4.79 Å². The van der Waals surface area contributed by atoms with Gasteiger partial charge < -0.3 is 5.32 Å². The van der Waals surface area contributed by atoms with Crippen molar-refractivity contribution in [2.75, 3.05) is 5.32 Å². The summed E-state index contributed by atoms with van der Waals surface area (Å²) in [7, 11) is 0. The van der Waals surface area contributed by atoms with Gasteiger partial charge in [-0.1, -0.05) is 108 Å². The van der Waals surface area contributed by atoms with Crippen molar-refractivity contribution in [1.29, 1.82) is 0 Å². The first-order valence-electron chi connectivity index (χ1n) is 11.8. The average molecular weight is 500 g/mol. The van der Waals surface area contributed by atoms with Crippen molar-refractivity contribution in [3.8, 4) is 27.6 Å². The van der Waals surface area contributed by atoms with Crippen LogP contribution in [0.4, 0.5) is 10.8 Å². The summed E-state index contributed by atoms with van der Waals surface area (Å²) in [5, 5.41) is 18.2. The second-order valence-corrected chi connectivity index (χ2v) is 9.26. The second-order valence-electron chi connectivity index (χ2n) is 8.28. The van der Waals surface area contributed by atoms with Crippen LogP contribution >= 0.6 is 11.3 Å². The van der Waals surface area contributed by atoms with E-state index in [0.717, 1.165) is 16.9 Å². The van der Waals surface area contributed by atoms with Crippen molar-refractivity contribution in [3.05, 3.63) is 132 Å². The Bertz CT molecular complexity index is 1650. The first-order valence-corrected chi connectivity index (χ1v) is 12.6. The fourth-order valence-electron chi connectivity index (χ4n) is 4.15. The number of para-hydroxylation sites is 2. The molecule has 0 unspecified atom stereocenters. The Morgan fingerprint density at radius 1 is 0.703 bits per heavy atom. The molecule has 2 aromatic heterocycles. The van der Waals surface area contributed by atoms with Gasteiger partial charge >= 0.3 is 0 Å². The Morgan fingerprint density at radius 3 is 1.97 bits per heavy atom. The highest BCUT2D eigenvalue weighted by molar-refractivity contribution is 7.18. The van der Waals surface area contributed by atoms with Crippen molar-refractivity contribution in [2.45, 2.75) is 0 Å². The molecule has 0 saturated carbocycles. The highest BCUT2D eigenvalue weighted by atomic mass is 32.1. The third-order valence-corrected chi connectivity index (χ3v) is 6.69. The van der Waals surface area contributed by atoms with Crippen LogP contribution in [-0.2, 0) is 0 Å². The van der Waals surface area contributed by atoms with E-state index in [9.17, 15) is 4.79 Å². The summed E-state index contributed by atoms with van der Waals surface area (Å²) in [6.07, 6.45) is 0. The van der Waals surface area contributed by atoms with Crippen LogP contribution in [-0.4, -0.2) is 25.8 Å². The topological polar surface area (TPSA) is 72.7 Å². The van der Waals surface area contributed by atoms with Gasteiger partial charge in [-0.2, -0.15) is 5.10 Å². The minimum atomic E-state index is -0.121. The molecular formula is C30H21N5OS. The number of nitrogens with zero attached hydrogens (tertiary/aromatic N) is 4. The summed E-state index contributed by atoms with van der Waals surface area (Å²) in [5.74, 6) is -0.121. The van der Waals surface area contributed by atoms with E-state index in [0.29, 0.717) is 32.7 Å². The Hall–Kier alpha value is -4.88. The largest absolute Gasteiger partial charge is 0.330 e. The third kappa shape index (κ3) is 4.55. The molecule has 178 valence electrons. The number of ketones is 1. The van der Waals surface area contributed by atoms with E-state index in [-0.39, 0.29) is 5.78 Å². The number of carbonyl (C=O) groups excluding carboxylic acids is 1. The molecule has 6 rings (SSSR count). The zero-order chi connectivity index (χ0) is 25.0. The fourth-order valence-corrected chi connectivity index (χ4v) is 4.90. The number of benzene rings is 4. The molecule has 1 N–H and O–H groups in total. The first kappa shape index (κ1) is 22.6. The zero-order valence-corrected chi connectivity index (χ0v) is 20.5. The predicted octanol–water partition coefficient (Wildman–Crippen LogP) is 7.03. The van der Waals surface area contributed by atoms with Gasteiger partial charge in [0.25, 0.3) is 0 Å². The normalized spacial score (nSPS) is 10.8. The lowest BCUT2D eigenvalue weighted by Crippen LogP contribution is -2.05.